The van der Waals surface area contributed by atoms with E-state index in [1.807, 2.05) is 0 Å². The molecule has 3 N–H and O–H groups in total. The highest BCUT2D eigenvalue weighted by Crippen LogP contribution is 1.88. The van der Waals surface area contributed by atoms with Crippen LogP contribution in [-0.4, -0.2) is 44.2 Å². The molecule has 0 bridgehead atoms. The standard InChI is InChI=1S/C6H15N3.C3H8/c7-1-4-9-5-2-8-3-6-9;1-3-2/h8H,1-7H2;3H2,1-2H3. The lowest BCUT2D eigenvalue weighted by Crippen LogP contribution is -2.45. The second-order valence-electron chi connectivity index (χ2n) is 3.09. The van der Waals surface area contributed by atoms with Crippen LogP contribution in [-0.2, 0) is 0 Å². The molecule has 1 fully saturated rings. The predicted octanol–water partition coefficient (Wildman–Crippen LogP) is 0.267. The molecule has 3 heteroatoms. The lowest BCUT2D eigenvalue weighted by Gasteiger charge is -2.26. The number of nitrogens with one attached hydrogen (secondary N) is 1. The minimum absolute atomic E-state index is 0.792. The van der Waals surface area contributed by atoms with Crippen LogP contribution in [0.5, 0.6) is 0 Å². The van der Waals surface area contributed by atoms with E-state index in [4.69, 9.17) is 5.73 Å². The zero-order chi connectivity index (χ0) is 9.23. The summed E-state index contributed by atoms with van der Waals surface area (Å²) in [5, 5.41) is 3.29. The van der Waals surface area contributed by atoms with Gasteiger partial charge < -0.3 is 11.1 Å². The Balaban J connectivity index is 0.000000354. The molecule has 1 rings (SSSR count). The van der Waals surface area contributed by atoms with Crippen LogP contribution in [0, 0.1) is 0 Å². The first-order chi connectivity index (χ1) is 5.85. The molecular weight excluding hydrogens is 150 g/mol. The number of hydrogen-bond donors (Lipinski definition) is 2. The Morgan fingerprint density at radius 2 is 1.75 bits per heavy atom. The maximum Gasteiger partial charge on any atom is 0.0108 e. The maximum atomic E-state index is 5.40. The van der Waals surface area contributed by atoms with Gasteiger partial charge in [0.15, 0.2) is 0 Å². The smallest absolute Gasteiger partial charge is 0.0108 e. The Morgan fingerprint density at radius 1 is 1.25 bits per heavy atom. The summed E-state index contributed by atoms with van der Waals surface area (Å²) in [6, 6.07) is 0. The molecule has 12 heavy (non-hydrogen) atoms. The molecule has 0 atom stereocenters. The van der Waals surface area contributed by atoms with Crippen LogP contribution < -0.4 is 11.1 Å². The first-order valence-corrected chi connectivity index (χ1v) is 4.98. The largest absolute Gasteiger partial charge is 0.329 e. The molecule has 74 valence electrons. The van der Waals surface area contributed by atoms with Gasteiger partial charge in [-0.2, -0.15) is 0 Å². The van der Waals surface area contributed by atoms with Crippen molar-refractivity contribution in [3.63, 3.8) is 0 Å². The average Bonchev–Trinajstić information content (AvgIpc) is 2.08. The van der Waals surface area contributed by atoms with E-state index in [9.17, 15) is 0 Å². The molecule has 3 nitrogen and oxygen atoms in total. The minimum atomic E-state index is 0.792. The summed E-state index contributed by atoms with van der Waals surface area (Å²) in [6.07, 6.45) is 1.25. The van der Waals surface area contributed by atoms with Gasteiger partial charge in [0, 0.05) is 39.3 Å². The van der Waals surface area contributed by atoms with Crippen molar-refractivity contribution in [1.82, 2.24) is 10.2 Å². The van der Waals surface area contributed by atoms with Crippen molar-refractivity contribution >= 4 is 0 Å². The molecule has 1 saturated heterocycles. The van der Waals surface area contributed by atoms with Crippen molar-refractivity contribution in [3.8, 4) is 0 Å². The second kappa shape index (κ2) is 8.97. The molecule has 0 amide bonds. The Labute approximate surface area is 76.3 Å². The third kappa shape index (κ3) is 6.58. The molecule has 0 aromatic carbocycles. The van der Waals surface area contributed by atoms with Gasteiger partial charge in [-0.05, 0) is 0 Å². The van der Waals surface area contributed by atoms with Crippen molar-refractivity contribution in [1.29, 1.82) is 0 Å². The molecule has 1 aliphatic rings. The van der Waals surface area contributed by atoms with Gasteiger partial charge in [0.25, 0.3) is 0 Å². The lowest BCUT2D eigenvalue weighted by atomic mass is 10.3. The molecule has 1 aliphatic heterocycles. The van der Waals surface area contributed by atoms with E-state index in [0.29, 0.717) is 0 Å². The van der Waals surface area contributed by atoms with E-state index in [2.05, 4.69) is 24.1 Å². The van der Waals surface area contributed by atoms with Crippen LogP contribution in [0.3, 0.4) is 0 Å². The van der Waals surface area contributed by atoms with Crippen molar-refractivity contribution in [2.24, 2.45) is 5.73 Å². The molecule has 0 saturated carbocycles. The highest BCUT2D eigenvalue weighted by molar-refractivity contribution is 4.66. The normalized spacial score (nSPS) is 18.2. The van der Waals surface area contributed by atoms with Crippen LogP contribution in [0.4, 0.5) is 0 Å². The Bertz CT molecular complexity index is 77.1. The maximum absolute atomic E-state index is 5.40. The molecule has 1 heterocycles. The molecule has 0 spiro atoms. The molecule has 0 aromatic heterocycles. The van der Waals surface area contributed by atoms with Crippen LogP contribution in [0.1, 0.15) is 20.3 Å². The number of nitrogens with two attached hydrogens (primary N) is 1. The van der Waals surface area contributed by atoms with Gasteiger partial charge in [-0.3, -0.25) is 4.90 Å². The molecular formula is C9H23N3. The van der Waals surface area contributed by atoms with E-state index >= 15 is 0 Å². The predicted molar refractivity (Wildman–Crippen MR) is 54.3 cm³/mol. The van der Waals surface area contributed by atoms with Crippen LogP contribution in [0.2, 0.25) is 0 Å². The Hall–Kier alpha value is -0.120. The van der Waals surface area contributed by atoms with Gasteiger partial charge in [-0.1, -0.05) is 20.3 Å². The van der Waals surface area contributed by atoms with Gasteiger partial charge in [-0.15, -0.1) is 0 Å². The SMILES string of the molecule is CCC.NCCN1CCNCC1. The zero-order valence-corrected chi connectivity index (χ0v) is 8.47. The summed E-state index contributed by atoms with van der Waals surface area (Å²) in [5.41, 5.74) is 5.40. The van der Waals surface area contributed by atoms with E-state index in [-0.39, 0.29) is 0 Å². The van der Waals surface area contributed by atoms with Gasteiger partial charge in [-0.25, -0.2) is 0 Å². The van der Waals surface area contributed by atoms with Crippen LogP contribution in [0.25, 0.3) is 0 Å². The Kier molecular flexibility index (Phi) is 8.88. The minimum Gasteiger partial charge on any atom is -0.329 e. The fourth-order valence-corrected chi connectivity index (χ4v) is 1.12. The summed E-state index contributed by atoms with van der Waals surface area (Å²) in [4.78, 5) is 2.39. The topological polar surface area (TPSA) is 41.3 Å². The first kappa shape index (κ1) is 11.9. The molecule has 0 radical (unpaired) electrons. The number of piperazine rings is 1. The van der Waals surface area contributed by atoms with Crippen molar-refractivity contribution < 1.29 is 0 Å². The zero-order valence-electron chi connectivity index (χ0n) is 8.47. The first-order valence-electron chi connectivity index (χ1n) is 4.98. The third-order valence-electron chi connectivity index (χ3n) is 1.65. The number of hydrogen-bond acceptors (Lipinski definition) is 3. The number of rotatable bonds is 2. The quantitative estimate of drug-likeness (QED) is 0.629. The van der Waals surface area contributed by atoms with Crippen molar-refractivity contribution in [2.45, 2.75) is 20.3 Å². The third-order valence-corrected chi connectivity index (χ3v) is 1.65. The fraction of sp³-hybridized carbons (Fsp3) is 1.00. The molecule has 0 unspecified atom stereocenters. The summed E-state index contributed by atoms with van der Waals surface area (Å²) in [7, 11) is 0. The van der Waals surface area contributed by atoms with Crippen molar-refractivity contribution in [2.75, 3.05) is 39.3 Å². The van der Waals surface area contributed by atoms with Crippen LogP contribution in [0.15, 0.2) is 0 Å². The molecule has 0 aromatic rings. The monoisotopic (exact) mass is 173 g/mol. The van der Waals surface area contributed by atoms with Gasteiger partial charge in [0.05, 0.1) is 0 Å². The Morgan fingerprint density at radius 3 is 2.17 bits per heavy atom. The highest BCUT2D eigenvalue weighted by atomic mass is 15.2. The van der Waals surface area contributed by atoms with E-state index in [1.54, 1.807) is 0 Å². The molecule has 0 aliphatic carbocycles. The van der Waals surface area contributed by atoms with Gasteiger partial charge >= 0.3 is 0 Å². The van der Waals surface area contributed by atoms with Gasteiger partial charge in [0.2, 0.25) is 0 Å². The summed E-state index contributed by atoms with van der Waals surface area (Å²) in [5.74, 6) is 0. The summed E-state index contributed by atoms with van der Waals surface area (Å²) < 4.78 is 0. The van der Waals surface area contributed by atoms with Gasteiger partial charge in [0.1, 0.15) is 0 Å². The van der Waals surface area contributed by atoms with E-state index in [1.165, 1.54) is 6.42 Å². The summed E-state index contributed by atoms with van der Waals surface area (Å²) >= 11 is 0. The lowest BCUT2D eigenvalue weighted by molar-refractivity contribution is 0.247. The van der Waals surface area contributed by atoms with Crippen molar-refractivity contribution in [3.05, 3.63) is 0 Å². The van der Waals surface area contributed by atoms with E-state index in [0.717, 1.165) is 39.3 Å². The van der Waals surface area contributed by atoms with Crippen LogP contribution >= 0.6 is 0 Å². The highest BCUT2D eigenvalue weighted by Gasteiger charge is 2.06. The summed E-state index contributed by atoms with van der Waals surface area (Å²) in [6.45, 7) is 10.7. The fourth-order valence-electron chi connectivity index (χ4n) is 1.12. The van der Waals surface area contributed by atoms with E-state index < -0.39 is 0 Å². The number of nitrogens with zero attached hydrogens (tertiary/aromatic N) is 1. The second-order valence-corrected chi connectivity index (χ2v) is 3.09. The average molecular weight is 173 g/mol.